The molecule has 1 heterocycles. The van der Waals surface area contributed by atoms with Crippen molar-refractivity contribution in [1.29, 1.82) is 0 Å². The Morgan fingerprint density at radius 2 is 2.17 bits per heavy atom. The van der Waals surface area contributed by atoms with E-state index in [1.807, 2.05) is 18.2 Å². The fraction of sp³-hybridized carbons (Fsp3) is 0.533. The fourth-order valence-corrected chi connectivity index (χ4v) is 2.29. The van der Waals surface area contributed by atoms with Crippen molar-refractivity contribution in [2.24, 2.45) is 5.92 Å². The van der Waals surface area contributed by atoms with Crippen molar-refractivity contribution in [3.8, 4) is 0 Å². The van der Waals surface area contributed by atoms with Crippen molar-refractivity contribution in [1.82, 2.24) is 0 Å². The number of rotatable bonds is 4. The zero-order valence-electron chi connectivity index (χ0n) is 10.9. The molecule has 3 nitrogen and oxygen atoms in total. The normalized spacial score (nSPS) is 16.5. The lowest BCUT2D eigenvalue weighted by Crippen LogP contribution is -2.22. The van der Waals surface area contributed by atoms with E-state index in [0.29, 0.717) is 12.3 Å². The molecule has 1 aliphatic rings. The highest BCUT2D eigenvalue weighted by molar-refractivity contribution is 5.90. The van der Waals surface area contributed by atoms with Crippen LogP contribution in [0.3, 0.4) is 0 Å². The van der Waals surface area contributed by atoms with Gasteiger partial charge >= 0.3 is 0 Å². The zero-order chi connectivity index (χ0) is 12.8. The van der Waals surface area contributed by atoms with Crippen molar-refractivity contribution in [2.45, 2.75) is 32.6 Å². The summed E-state index contributed by atoms with van der Waals surface area (Å²) >= 11 is 0. The Kier molecular flexibility index (Phi) is 4.76. The molecule has 18 heavy (non-hydrogen) atoms. The predicted octanol–water partition coefficient (Wildman–Crippen LogP) is 3.00. The summed E-state index contributed by atoms with van der Waals surface area (Å²) in [5, 5.41) is 2.98. The van der Waals surface area contributed by atoms with Crippen LogP contribution >= 0.6 is 0 Å². The first kappa shape index (κ1) is 13.1. The van der Waals surface area contributed by atoms with Crippen molar-refractivity contribution in [2.75, 3.05) is 18.5 Å². The number of carbonyl (C=O) groups is 1. The molecule has 0 saturated carbocycles. The molecule has 1 saturated heterocycles. The molecule has 0 unspecified atom stereocenters. The molecule has 3 heteroatoms. The highest BCUT2D eigenvalue weighted by Crippen LogP contribution is 2.19. The monoisotopic (exact) mass is 247 g/mol. The van der Waals surface area contributed by atoms with Crippen LogP contribution in [0.2, 0.25) is 0 Å². The van der Waals surface area contributed by atoms with Gasteiger partial charge in [0.25, 0.3) is 0 Å². The van der Waals surface area contributed by atoms with Crippen LogP contribution in [0.15, 0.2) is 24.3 Å². The molecule has 1 aromatic carbocycles. The third kappa shape index (κ3) is 3.84. The fourth-order valence-electron chi connectivity index (χ4n) is 2.29. The summed E-state index contributed by atoms with van der Waals surface area (Å²) in [5.74, 6) is 0.600. The maximum Gasteiger partial charge on any atom is 0.224 e. The van der Waals surface area contributed by atoms with Gasteiger partial charge in [-0.3, -0.25) is 4.79 Å². The largest absolute Gasteiger partial charge is 0.381 e. The topological polar surface area (TPSA) is 38.3 Å². The molecular formula is C15H21NO2. The lowest BCUT2D eigenvalue weighted by Gasteiger charge is -2.21. The van der Waals surface area contributed by atoms with E-state index in [1.165, 1.54) is 5.56 Å². The van der Waals surface area contributed by atoms with Crippen molar-refractivity contribution < 1.29 is 9.53 Å². The molecule has 0 aliphatic carbocycles. The minimum Gasteiger partial charge on any atom is -0.381 e. The molecule has 1 N–H and O–H groups in total. The Bertz CT molecular complexity index is 397. The Morgan fingerprint density at radius 1 is 1.39 bits per heavy atom. The quantitative estimate of drug-likeness (QED) is 0.888. The third-order valence-electron chi connectivity index (χ3n) is 3.43. The van der Waals surface area contributed by atoms with E-state index in [-0.39, 0.29) is 5.91 Å². The predicted molar refractivity (Wildman–Crippen MR) is 72.6 cm³/mol. The summed E-state index contributed by atoms with van der Waals surface area (Å²) in [6.45, 7) is 3.70. The number of aryl methyl sites for hydroxylation is 1. The van der Waals surface area contributed by atoms with Gasteiger partial charge in [0, 0.05) is 25.3 Å². The summed E-state index contributed by atoms with van der Waals surface area (Å²) in [6.07, 6.45) is 3.61. The van der Waals surface area contributed by atoms with E-state index in [1.54, 1.807) is 0 Å². The molecule has 1 fully saturated rings. The lowest BCUT2D eigenvalue weighted by atomic mass is 9.96. The highest BCUT2D eigenvalue weighted by Gasteiger charge is 2.17. The van der Waals surface area contributed by atoms with Gasteiger partial charge in [-0.2, -0.15) is 0 Å². The minimum absolute atomic E-state index is 0.121. The summed E-state index contributed by atoms with van der Waals surface area (Å²) < 4.78 is 5.30. The SMILES string of the molecule is CCc1cccc(NC(=O)CC2CCOCC2)c1. The Hall–Kier alpha value is -1.35. The molecule has 0 radical (unpaired) electrons. The number of hydrogen-bond acceptors (Lipinski definition) is 2. The Balaban J connectivity index is 1.85. The number of hydrogen-bond donors (Lipinski definition) is 1. The maximum absolute atomic E-state index is 11.9. The number of anilines is 1. The van der Waals surface area contributed by atoms with E-state index in [4.69, 9.17) is 4.74 Å². The first-order valence-corrected chi connectivity index (χ1v) is 6.74. The van der Waals surface area contributed by atoms with Crippen molar-refractivity contribution in [3.63, 3.8) is 0 Å². The van der Waals surface area contributed by atoms with E-state index < -0.39 is 0 Å². The molecule has 1 amide bonds. The van der Waals surface area contributed by atoms with Gasteiger partial charge < -0.3 is 10.1 Å². The van der Waals surface area contributed by atoms with Gasteiger partial charge in [0.2, 0.25) is 5.91 Å². The second kappa shape index (κ2) is 6.55. The Labute approximate surface area is 109 Å². The van der Waals surface area contributed by atoms with E-state index in [2.05, 4.69) is 18.3 Å². The van der Waals surface area contributed by atoms with Gasteiger partial charge in [-0.15, -0.1) is 0 Å². The van der Waals surface area contributed by atoms with Gasteiger partial charge in [0.1, 0.15) is 0 Å². The molecule has 0 aromatic heterocycles. The zero-order valence-corrected chi connectivity index (χ0v) is 10.9. The molecule has 0 spiro atoms. The lowest BCUT2D eigenvalue weighted by molar-refractivity contribution is -0.117. The van der Waals surface area contributed by atoms with E-state index >= 15 is 0 Å². The van der Waals surface area contributed by atoms with Gasteiger partial charge in [0.05, 0.1) is 0 Å². The van der Waals surface area contributed by atoms with Crippen LogP contribution in [0.1, 0.15) is 31.7 Å². The third-order valence-corrected chi connectivity index (χ3v) is 3.43. The Morgan fingerprint density at radius 3 is 2.89 bits per heavy atom. The van der Waals surface area contributed by atoms with E-state index in [0.717, 1.165) is 38.2 Å². The maximum atomic E-state index is 11.9. The summed E-state index contributed by atoms with van der Waals surface area (Å²) in [4.78, 5) is 11.9. The van der Waals surface area contributed by atoms with Crippen LogP contribution < -0.4 is 5.32 Å². The summed E-state index contributed by atoms with van der Waals surface area (Å²) in [7, 11) is 0. The van der Waals surface area contributed by atoms with Crippen LogP contribution in [-0.4, -0.2) is 19.1 Å². The number of ether oxygens (including phenoxy) is 1. The molecular weight excluding hydrogens is 226 g/mol. The van der Waals surface area contributed by atoms with E-state index in [9.17, 15) is 4.79 Å². The second-order valence-corrected chi connectivity index (χ2v) is 4.86. The standard InChI is InChI=1S/C15H21NO2/c1-2-12-4-3-5-14(10-12)16-15(17)11-13-6-8-18-9-7-13/h3-5,10,13H,2,6-9,11H2,1H3,(H,16,17). The smallest absolute Gasteiger partial charge is 0.224 e. The average Bonchev–Trinajstić information content (AvgIpc) is 2.40. The summed E-state index contributed by atoms with van der Waals surface area (Å²) in [6, 6.07) is 8.06. The minimum atomic E-state index is 0.121. The number of carbonyl (C=O) groups excluding carboxylic acids is 1. The first-order chi connectivity index (χ1) is 8.78. The molecule has 0 atom stereocenters. The van der Waals surface area contributed by atoms with Gasteiger partial charge in [0.15, 0.2) is 0 Å². The summed E-state index contributed by atoms with van der Waals surface area (Å²) in [5.41, 5.74) is 2.16. The molecule has 1 aromatic rings. The average molecular weight is 247 g/mol. The van der Waals surface area contributed by atoms with Crippen molar-refractivity contribution >= 4 is 11.6 Å². The second-order valence-electron chi connectivity index (χ2n) is 4.86. The number of amides is 1. The molecule has 98 valence electrons. The van der Waals surface area contributed by atoms with Crippen LogP contribution in [0.4, 0.5) is 5.69 Å². The van der Waals surface area contributed by atoms with Gasteiger partial charge in [-0.25, -0.2) is 0 Å². The van der Waals surface area contributed by atoms with Crippen LogP contribution in [0.25, 0.3) is 0 Å². The molecule has 0 bridgehead atoms. The molecule has 2 rings (SSSR count). The molecule has 1 aliphatic heterocycles. The van der Waals surface area contributed by atoms with Crippen LogP contribution in [0, 0.1) is 5.92 Å². The first-order valence-electron chi connectivity index (χ1n) is 6.74. The van der Waals surface area contributed by atoms with Crippen LogP contribution in [0.5, 0.6) is 0 Å². The number of nitrogens with one attached hydrogen (secondary N) is 1. The highest BCUT2D eigenvalue weighted by atomic mass is 16.5. The number of benzene rings is 1. The van der Waals surface area contributed by atoms with Gasteiger partial charge in [-0.1, -0.05) is 19.1 Å². The van der Waals surface area contributed by atoms with Gasteiger partial charge in [-0.05, 0) is 42.9 Å². The van der Waals surface area contributed by atoms with Crippen molar-refractivity contribution in [3.05, 3.63) is 29.8 Å². The van der Waals surface area contributed by atoms with Crippen LogP contribution in [-0.2, 0) is 16.0 Å².